The van der Waals surface area contributed by atoms with Crippen LogP contribution in [0.2, 0.25) is 0 Å². The van der Waals surface area contributed by atoms with Gasteiger partial charge >= 0.3 is 0 Å². The second-order valence-electron chi connectivity index (χ2n) is 6.07. The summed E-state index contributed by atoms with van der Waals surface area (Å²) in [5.41, 5.74) is 0. The van der Waals surface area contributed by atoms with Gasteiger partial charge in [0.15, 0.2) is 0 Å². The average molecular weight is 253 g/mol. The Kier molecular flexibility index (Phi) is 6.46. The van der Waals surface area contributed by atoms with Crippen LogP contribution in [0.25, 0.3) is 0 Å². The fourth-order valence-electron chi connectivity index (χ4n) is 3.34. The van der Waals surface area contributed by atoms with Crippen molar-refractivity contribution in [2.75, 3.05) is 46.3 Å². The fourth-order valence-corrected chi connectivity index (χ4v) is 3.34. The number of likely N-dealkylation sites (tertiary alicyclic amines) is 1. The highest BCUT2D eigenvalue weighted by Gasteiger charge is 2.18. The molecular weight excluding hydrogens is 222 g/mol. The molecule has 3 heteroatoms. The monoisotopic (exact) mass is 253 g/mol. The zero-order valence-corrected chi connectivity index (χ0v) is 12.2. The van der Waals surface area contributed by atoms with Crippen LogP contribution in [0.1, 0.15) is 44.9 Å². The molecule has 2 fully saturated rings. The van der Waals surface area contributed by atoms with Crippen LogP contribution in [0.3, 0.4) is 0 Å². The van der Waals surface area contributed by atoms with Crippen molar-refractivity contribution in [3.05, 3.63) is 0 Å². The van der Waals surface area contributed by atoms with Crippen LogP contribution in [0.15, 0.2) is 0 Å². The van der Waals surface area contributed by atoms with Gasteiger partial charge in [0.1, 0.15) is 0 Å². The van der Waals surface area contributed by atoms with E-state index in [4.69, 9.17) is 0 Å². The quantitative estimate of drug-likeness (QED) is 0.667. The summed E-state index contributed by atoms with van der Waals surface area (Å²) in [6.45, 7) is 7.54. The smallest absolute Gasteiger partial charge is 0.0107 e. The third kappa shape index (κ3) is 4.87. The van der Waals surface area contributed by atoms with Crippen LogP contribution >= 0.6 is 0 Å². The molecule has 0 radical (unpaired) electrons. The van der Waals surface area contributed by atoms with E-state index in [0.29, 0.717) is 0 Å². The first-order valence-electron chi connectivity index (χ1n) is 7.99. The summed E-state index contributed by atoms with van der Waals surface area (Å²) in [5.74, 6) is 0. The minimum absolute atomic E-state index is 0.872. The fraction of sp³-hybridized carbons (Fsp3) is 1.00. The Hall–Kier alpha value is -0.120. The van der Waals surface area contributed by atoms with Crippen LogP contribution in [0.4, 0.5) is 0 Å². The molecule has 1 saturated heterocycles. The lowest BCUT2D eigenvalue weighted by molar-refractivity contribution is 0.244. The van der Waals surface area contributed by atoms with Crippen molar-refractivity contribution in [2.24, 2.45) is 0 Å². The Morgan fingerprint density at radius 2 is 1.78 bits per heavy atom. The molecule has 1 heterocycles. The average Bonchev–Trinajstić information content (AvgIpc) is 3.05. The lowest BCUT2D eigenvalue weighted by atomic mass is 10.2. The Bertz CT molecular complexity index is 208. The molecule has 2 aliphatic rings. The van der Waals surface area contributed by atoms with Crippen molar-refractivity contribution >= 4 is 0 Å². The molecule has 2 rings (SSSR count). The summed E-state index contributed by atoms with van der Waals surface area (Å²) < 4.78 is 0. The van der Waals surface area contributed by atoms with Crippen LogP contribution in [-0.2, 0) is 0 Å². The van der Waals surface area contributed by atoms with Gasteiger partial charge in [-0.15, -0.1) is 0 Å². The molecule has 3 nitrogen and oxygen atoms in total. The Morgan fingerprint density at radius 1 is 1.06 bits per heavy atom. The maximum Gasteiger partial charge on any atom is 0.0107 e. The van der Waals surface area contributed by atoms with Crippen LogP contribution in [-0.4, -0.2) is 62.2 Å². The lowest BCUT2D eigenvalue weighted by Crippen LogP contribution is -2.36. The molecular formula is C15H31N3. The van der Waals surface area contributed by atoms with Gasteiger partial charge in [0.2, 0.25) is 0 Å². The lowest BCUT2D eigenvalue weighted by Gasteiger charge is -2.24. The molecule has 0 bridgehead atoms. The van der Waals surface area contributed by atoms with E-state index in [9.17, 15) is 0 Å². The molecule has 0 atom stereocenters. The van der Waals surface area contributed by atoms with Crippen molar-refractivity contribution in [2.45, 2.75) is 51.0 Å². The molecule has 1 saturated carbocycles. The van der Waals surface area contributed by atoms with Gasteiger partial charge in [-0.2, -0.15) is 0 Å². The zero-order valence-electron chi connectivity index (χ0n) is 12.2. The minimum Gasteiger partial charge on any atom is -0.315 e. The standard InChI is InChI=1S/C15H31N3/c1-17(15-7-2-3-8-15)14-10-16-9-6-13-18-11-4-5-12-18/h15-16H,2-14H2,1H3. The number of hydrogen-bond donors (Lipinski definition) is 1. The summed E-state index contributed by atoms with van der Waals surface area (Å²) in [7, 11) is 2.29. The van der Waals surface area contributed by atoms with Crippen LogP contribution in [0, 0.1) is 0 Å². The highest BCUT2D eigenvalue weighted by molar-refractivity contribution is 4.75. The first-order chi connectivity index (χ1) is 8.86. The summed E-state index contributed by atoms with van der Waals surface area (Å²) in [6.07, 6.45) is 9.87. The van der Waals surface area contributed by atoms with E-state index in [2.05, 4.69) is 22.2 Å². The Labute approximate surface area is 113 Å². The van der Waals surface area contributed by atoms with E-state index in [1.165, 1.54) is 77.7 Å². The van der Waals surface area contributed by atoms with Gasteiger partial charge in [-0.1, -0.05) is 12.8 Å². The highest BCUT2D eigenvalue weighted by Crippen LogP contribution is 2.21. The Morgan fingerprint density at radius 3 is 2.50 bits per heavy atom. The molecule has 0 aromatic rings. The number of nitrogens with zero attached hydrogens (tertiary/aromatic N) is 2. The first kappa shape index (κ1) is 14.3. The molecule has 1 aliphatic heterocycles. The largest absolute Gasteiger partial charge is 0.315 e. The predicted molar refractivity (Wildman–Crippen MR) is 78.0 cm³/mol. The highest BCUT2D eigenvalue weighted by atomic mass is 15.1. The Balaban J connectivity index is 1.40. The van der Waals surface area contributed by atoms with E-state index in [1.807, 2.05) is 0 Å². The summed E-state index contributed by atoms with van der Waals surface area (Å²) in [5, 5.41) is 3.60. The minimum atomic E-state index is 0.872. The van der Waals surface area contributed by atoms with Gasteiger partial charge in [0, 0.05) is 19.1 Å². The molecule has 0 spiro atoms. The normalized spacial score (nSPS) is 22.3. The van der Waals surface area contributed by atoms with Crippen molar-refractivity contribution in [1.82, 2.24) is 15.1 Å². The zero-order chi connectivity index (χ0) is 12.6. The van der Waals surface area contributed by atoms with Crippen LogP contribution in [0.5, 0.6) is 0 Å². The molecule has 1 aliphatic carbocycles. The van der Waals surface area contributed by atoms with Crippen molar-refractivity contribution < 1.29 is 0 Å². The van der Waals surface area contributed by atoms with E-state index in [-0.39, 0.29) is 0 Å². The van der Waals surface area contributed by atoms with Gasteiger partial charge in [-0.25, -0.2) is 0 Å². The number of nitrogens with one attached hydrogen (secondary N) is 1. The summed E-state index contributed by atoms with van der Waals surface area (Å²) in [4.78, 5) is 5.16. The molecule has 0 aromatic heterocycles. The molecule has 18 heavy (non-hydrogen) atoms. The van der Waals surface area contributed by atoms with Gasteiger partial charge in [-0.05, 0) is 65.3 Å². The maximum atomic E-state index is 3.60. The number of likely N-dealkylation sites (N-methyl/N-ethyl adjacent to an activating group) is 1. The number of rotatable bonds is 8. The topological polar surface area (TPSA) is 18.5 Å². The molecule has 106 valence electrons. The van der Waals surface area contributed by atoms with Crippen molar-refractivity contribution in [3.63, 3.8) is 0 Å². The summed E-state index contributed by atoms with van der Waals surface area (Å²) in [6, 6.07) is 0.872. The molecule has 0 unspecified atom stereocenters. The molecule has 1 N–H and O–H groups in total. The van der Waals surface area contributed by atoms with E-state index in [1.54, 1.807) is 0 Å². The maximum absolute atomic E-state index is 3.60. The second-order valence-corrected chi connectivity index (χ2v) is 6.07. The summed E-state index contributed by atoms with van der Waals surface area (Å²) >= 11 is 0. The molecule has 0 amide bonds. The third-order valence-electron chi connectivity index (χ3n) is 4.62. The number of hydrogen-bond acceptors (Lipinski definition) is 3. The van der Waals surface area contributed by atoms with Gasteiger partial charge in [0.05, 0.1) is 0 Å². The predicted octanol–water partition coefficient (Wildman–Crippen LogP) is 1.94. The SMILES string of the molecule is CN(CCNCCCN1CCCC1)C1CCCC1. The first-order valence-corrected chi connectivity index (χ1v) is 7.99. The van der Waals surface area contributed by atoms with Gasteiger partial charge < -0.3 is 15.1 Å². The van der Waals surface area contributed by atoms with Gasteiger partial charge in [-0.3, -0.25) is 0 Å². The molecule has 0 aromatic carbocycles. The van der Waals surface area contributed by atoms with Gasteiger partial charge in [0.25, 0.3) is 0 Å². The van der Waals surface area contributed by atoms with E-state index >= 15 is 0 Å². The van der Waals surface area contributed by atoms with E-state index in [0.717, 1.165) is 12.6 Å². The third-order valence-corrected chi connectivity index (χ3v) is 4.62. The van der Waals surface area contributed by atoms with Crippen molar-refractivity contribution in [3.8, 4) is 0 Å². The van der Waals surface area contributed by atoms with Crippen LogP contribution < -0.4 is 5.32 Å². The van der Waals surface area contributed by atoms with E-state index < -0.39 is 0 Å². The van der Waals surface area contributed by atoms with Crippen molar-refractivity contribution in [1.29, 1.82) is 0 Å². The second kappa shape index (κ2) is 8.13.